The van der Waals surface area contributed by atoms with Crippen LogP contribution >= 0.6 is 0 Å². The Morgan fingerprint density at radius 3 is 2.67 bits per heavy atom. The zero-order valence-corrected chi connectivity index (χ0v) is 6.36. The maximum absolute atomic E-state index is 8.77. The smallest absolute Gasteiger partial charge is 0.0991 e. The monoisotopic (exact) mass is 161 g/mol. The van der Waals surface area contributed by atoms with Gasteiger partial charge in [0.1, 0.15) is 0 Å². The molecule has 0 unspecified atom stereocenters. The second-order valence-corrected chi connectivity index (χ2v) is 2.20. The molecule has 0 saturated carbocycles. The fourth-order valence-electron chi connectivity index (χ4n) is 0.802. The molecule has 0 spiro atoms. The highest BCUT2D eigenvalue weighted by molar-refractivity contribution is 5.50. The van der Waals surface area contributed by atoms with Crippen LogP contribution < -0.4 is 0 Å². The van der Waals surface area contributed by atoms with Crippen molar-refractivity contribution in [3.8, 4) is 6.07 Å². The minimum Gasteiger partial charge on any atom is -0.392 e. The van der Waals surface area contributed by atoms with E-state index >= 15 is 0 Å². The molecule has 1 aromatic carbocycles. The fraction of sp³-hybridized carbons (Fsp3) is 0.100. The van der Waals surface area contributed by atoms with E-state index in [-0.39, 0.29) is 0 Å². The van der Waals surface area contributed by atoms with Gasteiger partial charge in [-0.3, -0.25) is 0 Å². The Bertz CT molecular complexity index is 371. The van der Waals surface area contributed by atoms with Crippen LogP contribution in [0.15, 0.2) is 30.3 Å². The van der Waals surface area contributed by atoms with E-state index in [1.54, 1.807) is 24.3 Å². The highest BCUT2D eigenvalue weighted by Crippen LogP contribution is 2.04. The topological polar surface area (TPSA) is 44.0 Å². The molecule has 0 saturated heterocycles. The van der Waals surface area contributed by atoms with Crippen LogP contribution in [0.4, 0.5) is 0 Å². The highest BCUT2D eigenvalue weighted by atomic mass is 16.2. The predicted molar refractivity (Wildman–Crippen MR) is 47.3 cm³/mol. The van der Waals surface area contributed by atoms with Gasteiger partial charge in [-0.25, -0.2) is 0 Å². The van der Waals surface area contributed by atoms with Crippen molar-refractivity contribution in [2.24, 2.45) is 0 Å². The van der Waals surface area contributed by atoms with Crippen LogP contribution in [-0.2, 0) is 0 Å². The minimum atomic E-state index is -2.30. The summed E-state index contributed by atoms with van der Waals surface area (Å²) in [5, 5.41) is 17.3. The van der Waals surface area contributed by atoms with E-state index in [1.165, 1.54) is 6.08 Å². The first kappa shape index (κ1) is 5.99. The molecule has 0 aliphatic carbocycles. The van der Waals surface area contributed by atoms with Crippen molar-refractivity contribution in [3.05, 3.63) is 41.5 Å². The summed E-state index contributed by atoms with van der Waals surface area (Å²) in [5.74, 6) is 0. The number of hydrogen-bond donors (Lipinski definition) is 1. The molecule has 0 amide bonds. The summed E-state index contributed by atoms with van der Waals surface area (Å²) >= 11 is 0. The van der Waals surface area contributed by atoms with Gasteiger partial charge in [0.25, 0.3) is 0 Å². The van der Waals surface area contributed by atoms with E-state index in [9.17, 15) is 0 Å². The van der Waals surface area contributed by atoms with Crippen LogP contribution in [0.25, 0.3) is 6.08 Å². The Kier molecular flexibility index (Phi) is 2.16. The number of benzene rings is 1. The first-order chi connectivity index (χ1) is 6.51. The van der Waals surface area contributed by atoms with Gasteiger partial charge >= 0.3 is 0 Å². The van der Waals surface area contributed by atoms with E-state index in [1.807, 2.05) is 6.07 Å². The number of nitrogens with zero attached hydrogens (tertiary/aromatic N) is 1. The lowest BCUT2D eigenvalue weighted by atomic mass is 10.1. The third-order valence-corrected chi connectivity index (χ3v) is 1.39. The summed E-state index contributed by atoms with van der Waals surface area (Å²) < 4.78 is 13.7. The van der Waals surface area contributed by atoms with Crippen molar-refractivity contribution in [1.29, 1.82) is 5.26 Å². The standard InChI is InChI=1S/C10H9NO/c11-8-10-5-3-9(4-6-10)2-1-7-12/h1-6,12H,7H2/b2-1+/i7D2. The van der Waals surface area contributed by atoms with Crippen molar-refractivity contribution in [3.63, 3.8) is 0 Å². The van der Waals surface area contributed by atoms with Crippen LogP contribution in [-0.4, -0.2) is 11.7 Å². The van der Waals surface area contributed by atoms with E-state index in [0.29, 0.717) is 5.56 Å². The van der Waals surface area contributed by atoms with Crippen LogP contribution in [0.3, 0.4) is 0 Å². The summed E-state index contributed by atoms with van der Waals surface area (Å²) in [5.41, 5.74) is 1.29. The number of nitriles is 1. The summed E-state index contributed by atoms with van der Waals surface area (Å²) in [4.78, 5) is 0. The van der Waals surface area contributed by atoms with Crippen molar-refractivity contribution >= 4 is 6.08 Å². The Morgan fingerprint density at radius 1 is 1.50 bits per heavy atom. The average Bonchev–Trinajstić information content (AvgIpc) is 2.14. The lowest BCUT2D eigenvalue weighted by molar-refractivity contribution is 0.343. The van der Waals surface area contributed by atoms with Gasteiger partial charge in [-0.1, -0.05) is 24.3 Å². The minimum absolute atomic E-state index is 0.550. The Balaban J connectivity index is 2.80. The zero-order chi connectivity index (χ0) is 10.6. The maximum Gasteiger partial charge on any atom is 0.0991 e. The molecule has 1 rings (SSSR count). The van der Waals surface area contributed by atoms with Gasteiger partial charge < -0.3 is 5.11 Å². The quantitative estimate of drug-likeness (QED) is 0.715. The molecule has 2 heteroatoms. The van der Waals surface area contributed by atoms with Gasteiger partial charge in [-0.15, -0.1) is 0 Å². The van der Waals surface area contributed by atoms with Gasteiger partial charge in [-0.05, 0) is 17.7 Å². The maximum atomic E-state index is 8.77. The van der Waals surface area contributed by atoms with Crippen molar-refractivity contribution in [1.82, 2.24) is 0 Å². The molecule has 60 valence electrons. The zero-order valence-electron chi connectivity index (χ0n) is 8.36. The largest absolute Gasteiger partial charge is 0.392 e. The second kappa shape index (κ2) is 4.32. The van der Waals surface area contributed by atoms with E-state index < -0.39 is 6.56 Å². The molecule has 0 radical (unpaired) electrons. The Morgan fingerprint density at radius 2 is 2.17 bits per heavy atom. The molecule has 0 aliphatic rings. The summed E-state index contributed by atoms with van der Waals surface area (Å²) in [6, 6.07) is 8.60. The molecule has 0 atom stereocenters. The highest BCUT2D eigenvalue weighted by Gasteiger charge is 1.87. The van der Waals surface area contributed by atoms with Gasteiger partial charge in [0.2, 0.25) is 0 Å². The molecule has 1 N–H and O–H groups in total. The molecule has 12 heavy (non-hydrogen) atoms. The summed E-state index contributed by atoms with van der Waals surface area (Å²) in [6.07, 6.45) is 2.51. The summed E-state index contributed by atoms with van der Waals surface area (Å²) in [7, 11) is 0. The van der Waals surface area contributed by atoms with E-state index in [0.717, 1.165) is 11.6 Å². The van der Waals surface area contributed by atoms with E-state index in [2.05, 4.69) is 0 Å². The average molecular weight is 161 g/mol. The van der Waals surface area contributed by atoms with Crippen LogP contribution in [0.2, 0.25) is 0 Å². The van der Waals surface area contributed by atoms with Gasteiger partial charge in [0, 0.05) is 0 Å². The van der Waals surface area contributed by atoms with Crippen molar-refractivity contribution in [2.75, 3.05) is 6.56 Å². The van der Waals surface area contributed by atoms with Crippen molar-refractivity contribution in [2.45, 2.75) is 0 Å². The Labute approximate surface area is 74.2 Å². The molecule has 0 aliphatic heterocycles. The van der Waals surface area contributed by atoms with Crippen LogP contribution in [0.5, 0.6) is 0 Å². The summed E-state index contributed by atoms with van der Waals surface area (Å²) in [6.45, 7) is -2.30. The normalized spacial score (nSPS) is 13.7. The molecule has 1 aromatic rings. The molecular formula is C10H9NO. The SMILES string of the molecule is [2H]C([2H])(O)/C=C/c1ccc(C#N)cc1. The first-order valence-corrected chi connectivity index (χ1v) is 3.43. The molecule has 0 bridgehead atoms. The third-order valence-electron chi connectivity index (χ3n) is 1.39. The third kappa shape index (κ3) is 2.22. The van der Waals surface area contributed by atoms with Crippen molar-refractivity contribution < 1.29 is 7.85 Å². The second-order valence-electron chi connectivity index (χ2n) is 2.20. The predicted octanol–water partition coefficient (Wildman–Crippen LogP) is 1.56. The molecular weight excluding hydrogens is 150 g/mol. The Hall–Kier alpha value is -1.59. The van der Waals surface area contributed by atoms with Gasteiger partial charge in [0.05, 0.1) is 20.9 Å². The molecule has 0 heterocycles. The van der Waals surface area contributed by atoms with Gasteiger partial charge in [0.15, 0.2) is 0 Å². The molecule has 2 nitrogen and oxygen atoms in total. The number of rotatable bonds is 2. The first-order valence-electron chi connectivity index (χ1n) is 4.43. The fourth-order valence-corrected chi connectivity index (χ4v) is 0.802. The lowest BCUT2D eigenvalue weighted by Gasteiger charge is -1.91. The van der Waals surface area contributed by atoms with E-state index in [4.69, 9.17) is 13.1 Å². The molecule has 0 fully saturated rings. The van der Waals surface area contributed by atoms with Crippen LogP contribution in [0.1, 0.15) is 13.9 Å². The van der Waals surface area contributed by atoms with Crippen LogP contribution in [0, 0.1) is 11.3 Å². The number of hydrogen-bond acceptors (Lipinski definition) is 2. The van der Waals surface area contributed by atoms with Gasteiger partial charge in [-0.2, -0.15) is 5.26 Å². The lowest BCUT2D eigenvalue weighted by Crippen LogP contribution is -1.76. The number of aliphatic hydroxyl groups is 1. The molecule has 0 aromatic heterocycles.